The number of carbonyl (C=O) groups is 2. The van der Waals surface area contributed by atoms with Crippen molar-refractivity contribution in [3.63, 3.8) is 0 Å². The van der Waals surface area contributed by atoms with Gasteiger partial charge in [-0.15, -0.1) is 0 Å². The Morgan fingerprint density at radius 3 is 2.50 bits per heavy atom. The molecule has 3 aromatic rings. The SMILES string of the molecule is CCOc1cc(/C=C2\SC(=Nc3ccc(C)cc3)NC2=O)ccc1OC(=O)c1ccc(Cl)cc1. The number of esters is 1. The zero-order chi connectivity index (χ0) is 24.1. The summed E-state index contributed by atoms with van der Waals surface area (Å²) in [6, 6.07) is 19.3. The summed E-state index contributed by atoms with van der Waals surface area (Å²) >= 11 is 7.14. The number of amidine groups is 1. The summed E-state index contributed by atoms with van der Waals surface area (Å²) in [5.41, 5.74) is 3.00. The molecule has 1 aliphatic heterocycles. The number of hydrogen-bond acceptors (Lipinski definition) is 6. The standard InChI is InChI=1S/C26H21ClN2O4S/c1-3-32-22-14-17(6-13-21(22)33-25(31)18-7-9-19(27)10-8-18)15-23-24(30)29-26(34-23)28-20-11-4-16(2)5-12-20/h4-15H,3H2,1-2H3,(H,28,29,30)/b23-15-. The summed E-state index contributed by atoms with van der Waals surface area (Å²) in [6.07, 6.45) is 1.74. The summed E-state index contributed by atoms with van der Waals surface area (Å²) in [5, 5.41) is 3.83. The zero-order valence-corrected chi connectivity index (χ0v) is 20.1. The second kappa shape index (κ2) is 10.6. The number of ether oxygens (including phenoxy) is 2. The van der Waals surface area contributed by atoms with E-state index in [2.05, 4.69) is 10.3 Å². The molecule has 1 fully saturated rings. The lowest BCUT2D eigenvalue weighted by Gasteiger charge is -2.11. The number of rotatable bonds is 6. The molecule has 1 saturated heterocycles. The van der Waals surface area contributed by atoms with E-state index in [1.54, 1.807) is 48.5 Å². The van der Waals surface area contributed by atoms with Crippen LogP contribution in [0.2, 0.25) is 5.02 Å². The summed E-state index contributed by atoms with van der Waals surface area (Å²) in [7, 11) is 0. The van der Waals surface area contributed by atoms with Crippen LogP contribution < -0.4 is 14.8 Å². The topological polar surface area (TPSA) is 77.0 Å². The second-order valence-corrected chi connectivity index (χ2v) is 8.82. The molecule has 0 bridgehead atoms. The van der Waals surface area contributed by atoms with Gasteiger partial charge in [-0.25, -0.2) is 9.79 Å². The minimum atomic E-state index is -0.522. The first-order valence-electron chi connectivity index (χ1n) is 10.5. The lowest BCUT2D eigenvalue weighted by Crippen LogP contribution is -2.19. The minimum Gasteiger partial charge on any atom is -0.490 e. The molecule has 34 heavy (non-hydrogen) atoms. The zero-order valence-electron chi connectivity index (χ0n) is 18.5. The lowest BCUT2D eigenvalue weighted by atomic mass is 10.1. The van der Waals surface area contributed by atoms with Crippen LogP contribution in [0.25, 0.3) is 6.08 Å². The van der Waals surface area contributed by atoms with Crippen LogP contribution in [0, 0.1) is 6.92 Å². The van der Waals surface area contributed by atoms with Crippen LogP contribution in [0.4, 0.5) is 5.69 Å². The third-order valence-electron chi connectivity index (χ3n) is 4.76. The Bertz CT molecular complexity index is 1290. The van der Waals surface area contributed by atoms with E-state index in [0.717, 1.165) is 16.8 Å². The average Bonchev–Trinajstić information content (AvgIpc) is 3.16. The first kappa shape index (κ1) is 23.6. The molecule has 1 aliphatic rings. The Morgan fingerprint density at radius 2 is 1.79 bits per heavy atom. The quantitative estimate of drug-likeness (QED) is 0.253. The summed E-state index contributed by atoms with van der Waals surface area (Å²) in [6.45, 7) is 4.22. The number of amides is 1. The van der Waals surface area contributed by atoms with E-state index >= 15 is 0 Å². The molecule has 0 aliphatic carbocycles. The highest BCUT2D eigenvalue weighted by Gasteiger charge is 2.24. The smallest absolute Gasteiger partial charge is 0.343 e. The maximum Gasteiger partial charge on any atom is 0.343 e. The van der Waals surface area contributed by atoms with Crippen LogP contribution in [0.3, 0.4) is 0 Å². The van der Waals surface area contributed by atoms with Crippen molar-refractivity contribution in [2.75, 3.05) is 6.61 Å². The number of nitrogens with zero attached hydrogens (tertiary/aromatic N) is 1. The van der Waals surface area contributed by atoms with Gasteiger partial charge >= 0.3 is 5.97 Å². The molecule has 0 aromatic heterocycles. The predicted octanol–water partition coefficient (Wildman–Crippen LogP) is 6.16. The highest BCUT2D eigenvalue weighted by atomic mass is 35.5. The van der Waals surface area contributed by atoms with E-state index in [1.807, 2.05) is 38.1 Å². The van der Waals surface area contributed by atoms with Crippen LogP contribution in [0.15, 0.2) is 76.6 Å². The number of aryl methyl sites for hydroxylation is 1. The fraction of sp³-hybridized carbons (Fsp3) is 0.115. The Morgan fingerprint density at radius 1 is 1.06 bits per heavy atom. The number of benzene rings is 3. The molecule has 4 rings (SSSR count). The van der Waals surface area contributed by atoms with E-state index in [1.165, 1.54) is 11.8 Å². The molecule has 3 aromatic carbocycles. The maximum atomic E-state index is 12.5. The molecule has 1 heterocycles. The molecule has 0 saturated carbocycles. The molecule has 0 radical (unpaired) electrons. The number of thioether (sulfide) groups is 1. The van der Waals surface area contributed by atoms with Gasteiger partial charge in [-0.05, 0) is 85.8 Å². The van der Waals surface area contributed by atoms with E-state index in [4.69, 9.17) is 21.1 Å². The Labute approximate surface area is 206 Å². The Balaban J connectivity index is 1.53. The third-order valence-corrected chi connectivity index (χ3v) is 5.93. The van der Waals surface area contributed by atoms with Crippen LogP contribution in [-0.4, -0.2) is 23.7 Å². The molecule has 0 unspecified atom stereocenters. The van der Waals surface area contributed by atoms with E-state index < -0.39 is 5.97 Å². The number of nitrogens with one attached hydrogen (secondary N) is 1. The summed E-state index contributed by atoms with van der Waals surface area (Å²) in [4.78, 5) is 29.9. The monoisotopic (exact) mass is 492 g/mol. The number of carbonyl (C=O) groups excluding carboxylic acids is 2. The fourth-order valence-corrected chi connectivity index (χ4v) is 4.05. The van der Waals surface area contributed by atoms with Gasteiger partial charge in [0, 0.05) is 5.02 Å². The van der Waals surface area contributed by atoms with Crippen molar-refractivity contribution in [3.05, 3.63) is 93.3 Å². The highest BCUT2D eigenvalue weighted by molar-refractivity contribution is 8.18. The summed E-state index contributed by atoms with van der Waals surface area (Å²) < 4.78 is 11.2. The number of aliphatic imine (C=N–C) groups is 1. The number of halogens is 1. The second-order valence-electron chi connectivity index (χ2n) is 7.35. The van der Waals surface area contributed by atoms with Crippen LogP contribution in [0.1, 0.15) is 28.4 Å². The van der Waals surface area contributed by atoms with Gasteiger partial charge in [0.05, 0.1) is 22.8 Å². The maximum absolute atomic E-state index is 12.5. The van der Waals surface area contributed by atoms with Crippen molar-refractivity contribution in [2.45, 2.75) is 13.8 Å². The molecular weight excluding hydrogens is 472 g/mol. The van der Waals surface area contributed by atoms with Crippen molar-refractivity contribution in [1.29, 1.82) is 0 Å². The Kier molecular flexibility index (Phi) is 7.35. The molecule has 1 amide bonds. The Hall–Kier alpha value is -3.55. The lowest BCUT2D eigenvalue weighted by molar-refractivity contribution is -0.115. The van der Waals surface area contributed by atoms with Gasteiger partial charge in [-0.3, -0.25) is 4.79 Å². The van der Waals surface area contributed by atoms with Gasteiger partial charge in [0.1, 0.15) is 0 Å². The van der Waals surface area contributed by atoms with Gasteiger partial charge < -0.3 is 14.8 Å². The van der Waals surface area contributed by atoms with E-state index in [0.29, 0.717) is 33.0 Å². The molecule has 8 heteroatoms. The van der Waals surface area contributed by atoms with Gasteiger partial charge in [-0.2, -0.15) is 0 Å². The van der Waals surface area contributed by atoms with Gasteiger partial charge in [0.25, 0.3) is 5.91 Å². The number of hydrogen-bond donors (Lipinski definition) is 1. The molecular formula is C26H21ClN2O4S. The average molecular weight is 493 g/mol. The van der Waals surface area contributed by atoms with Crippen molar-refractivity contribution in [3.8, 4) is 11.5 Å². The highest BCUT2D eigenvalue weighted by Crippen LogP contribution is 2.33. The summed E-state index contributed by atoms with van der Waals surface area (Å²) in [5.74, 6) is -0.0660. The molecule has 0 atom stereocenters. The van der Waals surface area contributed by atoms with Crippen LogP contribution >= 0.6 is 23.4 Å². The van der Waals surface area contributed by atoms with Crippen molar-refractivity contribution in [1.82, 2.24) is 5.32 Å². The van der Waals surface area contributed by atoms with Crippen LogP contribution in [-0.2, 0) is 4.79 Å². The van der Waals surface area contributed by atoms with Gasteiger partial charge in [0.2, 0.25) is 0 Å². The minimum absolute atomic E-state index is 0.230. The largest absolute Gasteiger partial charge is 0.490 e. The first-order chi connectivity index (χ1) is 16.4. The van der Waals surface area contributed by atoms with Gasteiger partial charge in [0.15, 0.2) is 16.7 Å². The van der Waals surface area contributed by atoms with E-state index in [-0.39, 0.29) is 11.7 Å². The first-order valence-corrected chi connectivity index (χ1v) is 11.7. The van der Waals surface area contributed by atoms with E-state index in [9.17, 15) is 9.59 Å². The van der Waals surface area contributed by atoms with Crippen LogP contribution in [0.5, 0.6) is 11.5 Å². The van der Waals surface area contributed by atoms with Gasteiger partial charge in [-0.1, -0.05) is 35.4 Å². The normalized spacial score (nSPS) is 15.4. The predicted molar refractivity (Wildman–Crippen MR) is 136 cm³/mol. The van der Waals surface area contributed by atoms with Crippen molar-refractivity contribution in [2.24, 2.45) is 4.99 Å². The molecule has 1 N–H and O–H groups in total. The van der Waals surface area contributed by atoms with Crippen molar-refractivity contribution < 1.29 is 19.1 Å². The third kappa shape index (κ3) is 5.87. The molecule has 6 nitrogen and oxygen atoms in total. The van der Waals surface area contributed by atoms with Crippen molar-refractivity contribution >= 4 is 52.2 Å². The fourth-order valence-electron chi connectivity index (χ4n) is 3.08. The molecule has 172 valence electrons. The molecule has 0 spiro atoms.